The number of amides is 2. The van der Waals surface area contributed by atoms with E-state index in [1.165, 1.54) is 25.8 Å². The summed E-state index contributed by atoms with van der Waals surface area (Å²) in [6.45, 7) is 1.80. The molecule has 1 aromatic carbocycles. The second-order valence-corrected chi connectivity index (χ2v) is 8.97. The number of rotatable bonds is 6. The topological polar surface area (TPSA) is 58.2 Å². The number of nitrogens with one attached hydrogen (secondary N) is 2. The van der Waals surface area contributed by atoms with Gasteiger partial charge in [-0.2, -0.15) is 0 Å². The smallest absolute Gasteiger partial charge is 0.227 e. The molecule has 28 heavy (non-hydrogen) atoms. The zero-order valence-electron chi connectivity index (χ0n) is 16.3. The minimum Gasteiger partial charge on any atom is -0.353 e. The second kappa shape index (κ2) is 7.45. The van der Waals surface area contributed by atoms with Crippen LogP contribution in [-0.4, -0.2) is 23.9 Å². The van der Waals surface area contributed by atoms with Crippen LogP contribution in [0.25, 0.3) is 0 Å². The highest BCUT2D eigenvalue weighted by atomic mass is 19.1. The molecule has 4 aliphatic rings. The third kappa shape index (κ3) is 3.78. The van der Waals surface area contributed by atoms with Crippen LogP contribution >= 0.6 is 0 Å². The maximum absolute atomic E-state index is 13.9. The highest BCUT2D eigenvalue weighted by Crippen LogP contribution is 2.46. The molecule has 2 amide bonds. The van der Waals surface area contributed by atoms with Gasteiger partial charge in [-0.05, 0) is 63.0 Å². The van der Waals surface area contributed by atoms with Gasteiger partial charge in [0.2, 0.25) is 11.8 Å². The lowest BCUT2D eigenvalue weighted by atomic mass is 9.64. The van der Waals surface area contributed by atoms with Crippen LogP contribution < -0.4 is 10.6 Å². The average molecular weight is 390 g/mol. The van der Waals surface area contributed by atoms with E-state index in [1.807, 2.05) is 0 Å². The first-order valence-electron chi connectivity index (χ1n) is 10.4. The SMILES string of the molecule is CC(C(=O)NCC1(NC(=O)C2CC3CCC2CC3)CC1)c1c(F)cccc1F. The fourth-order valence-corrected chi connectivity index (χ4v) is 5.01. The summed E-state index contributed by atoms with van der Waals surface area (Å²) < 4.78 is 27.8. The molecule has 6 heteroatoms. The lowest BCUT2D eigenvalue weighted by Gasteiger charge is -2.42. The predicted octanol–water partition coefficient (Wildman–Crippen LogP) is 3.66. The minimum atomic E-state index is -0.929. The number of hydrogen-bond acceptors (Lipinski definition) is 2. The number of carbonyl (C=O) groups excluding carboxylic acids is 2. The highest BCUT2D eigenvalue weighted by molar-refractivity contribution is 5.84. The van der Waals surface area contributed by atoms with Crippen LogP contribution in [0.3, 0.4) is 0 Å². The van der Waals surface area contributed by atoms with E-state index in [-0.39, 0.29) is 17.4 Å². The van der Waals surface area contributed by atoms with Crippen molar-refractivity contribution in [3.63, 3.8) is 0 Å². The molecule has 4 aliphatic carbocycles. The average Bonchev–Trinajstić information content (AvgIpc) is 3.46. The van der Waals surface area contributed by atoms with Crippen molar-refractivity contribution in [3.8, 4) is 0 Å². The summed E-state index contributed by atoms with van der Waals surface area (Å²) in [6.07, 6.45) is 7.43. The van der Waals surface area contributed by atoms with E-state index < -0.39 is 29.0 Å². The Hall–Kier alpha value is -1.98. The van der Waals surface area contributed by atoms with Crippen molar-refractivity contribution in [2.45, 2.75) is 63.3 Å². The zero-order chi connectivity index (χ0) is 19.9. The van der Waals surface area contributed by atoms with E-state index in [0.717, 1.165) is 44.2 Å². The van der Waals surface area contributed by atoms with E-state index in [4.69, 9.17) is 0 Å². The zero-order valence-corrected chi connectivity index (χ0v) is 16.3. The summed E-state index contributed by atoms with van der Waals surface area (Å²) >= 11 is 0. The summed E-state index contributed by atoms with van der Waals surface area (Å²) in [5.74, 6) is -1.38. The number of halogens is 2. The Morgan fingerprint density at radius 3 is 2.32 bits per heavy atom. The Morgan fingerprint density at radius 2 is 1.79 bits per heavy atom. The summed E-state index contributed by atoms with van der Waals surface area (Å²) in [4.78, 5) is 25.3. The van der Waals surface area contributed by atoms with Crippen molar-refractivity contribution in [2.75, 3.05) is 6.54 Å². The van der Waals surface area contributed by atoms with Crippen LogP contribution in [0.5, 0.6) is 0 Å². The molecule has 4 saturated carbocycles. The highest BCUT2D eigenvalue weighted by Gasteiger charge is 2.47. The standard InChI is InChI=1S/C22H28F2N2O2/c1-13(19-17(23)3-2-4-18(19)24)20(27)25-12-22(9-10-22)26-21(28)16-11-14-5-7-15(16)8-6-14/h2-4,13-16H,5-12H2,1H3,(H,25,27)(H,26,28). The number of benzene rings is 1. The number of fused-ring (bicyclic) bond motifs is 3. The first-order valence-corrected chi connectivity index (χ1v) is 10.4. The molecule has 2 unspecified atom stereocenters. The quantitative estimate of drug-likeness (QED) is 0.779. The largest absolute Gasteiger partial charge is 0.353 e. The lowest BCUT2D eigenvalue weighted by Crippen LogP contribution is -2.51. The van der Waals surface area contributed by atoms with E-state index >= 15 is 0 Å². The van der Waals surface area contributed by atoms with E-state index in [2.05, 4.69) is 10.6 Å². The Bertz CT molecular complexity index is 750. The van der Waals surface area contributed by atoms with Crippen molar-refractivity contribution in [2.24, 2.45) is 17.8 Å². The first-order chi connectivity index (χ1) is 13.4. The van der Waals surface area contributed by atoms with Crippen LogP contribution in [0.15, 0.2) is 18.2 Å². The molecule has 0 heterocycles. The van der Waals surface area contributed by atoms with Gasteiger partial charge in [-0.3, -0.25) is 9.59 Å². The molecule has 4 fully saturated rings. The third-order valence-corrected chi connectivity index (χ3v) is 7.05. The maximum Gasteiger partial charge on any atom is 0.227 e. The predicted molar refractivity (Wildman–Crippen MR) is 101 cm³/mol. The molecule has 2 N–H and O–H groups in total. The van der Waals surface area contributed by atoms with Crippen molar-refractivity contribution in [3.05, 3.63) is 35.4 Å². The molecule has 0 spiro atoms. The van der Waals surface area contributed by atoms with Gasteiger partial charge < -0.3 is 10.6 Å². The number of carbonyl (C=O) groups is 2. The molecule has 0 saturated heterocycles. The molecule has 1 aromatic rings. The van der Waals surface area contributed by atoms with E-state index in [0.29, 0.717) is 18.4 Å². The second-order valence-electron chi connectivity index (χ2n) is 8.97. The molecular weight excluding hydrogens is 362 g/mol. The van der Waals surface area contributed by atoms with Crippen molar-refractivity contribution in [1.82, 2.24) is 10.6 Å². The first kappa shape index (κ1) is 19.3. The fourth-order valence-electron chi connectivity index (χ4n) is 5.01. The van der Waals surface area contributed by atoms with Crippen LogP contribution in [0, 0.1) is 29.4 Å². The summed E-state index contributed by atoms with van der Waals surface area (Å²) in [6, 6.07) is 3.59. The molecule has 4 nitrogen and oxygen atoms in total. The molecule has 0 aromatic heterocycles. The molecule has 0 aliphatic heterocycles. The van der Waals surface area contributed by atoms with Crippen molar-refractivity contribution < 1.29 is 18.4 Å². The summed E-state index contributed by atoms with van der Waals surface area (Å²) in [7, 11) is 0. The summed E-state index contributed by atoms with van der Waals surface area (Å²) in [5, 5.41) is 5.97. The lowest BCUT2D eigenvalue weighted by molar-refractivity contribution is -0.131. The van der Waals surface area contributed by atoms with E-state index in [9.17, 15) is 18.4 Å². The van der Waals surface area contributed by atoms with Crippen molar-refractivity contribution >= 4 is 11.8 Å². The van der Waals surface area contributed by atoms with Crippen LogP contribution in [0.1, 0.15) is 63.4 Å². The maximum atomic E-state index is 13.9. The van der Waals surface area contributed by atoms with Gasteiger partial charge in [-0.15, -0.1) is 0 Å². The van der Waals surface area contributed by atoms with Gasteiger partial charge in [0.25, 0.3) is 0 Å². The third-order valence-electron chi connectivity index (χ3n) is 7.05. The Kier molecular flexibility index (Phi) is 5.15. The molecule has 5 rings (SSSR count). The number of hydrogen-bond donors (Lipinski definition) is 2. The van der Waals surface area contributed by atoms with Gasteiger partial charge >= 0.3 is 0 Å². The monoisotopic (exact) mass is 390 g/mol. The molecule has 2 atom stereocenters. The molecular formula is C22H28F2N2O2. The van der Waals surface area contributed by atoms with Gasteiger partial charge in [0.05, 0.1) is 11.5 Å². The van der Waals surface area contributed by atoms with E-state index in [1.54, 1.807) is 0 Å². The summed E-state index contributed by atoms with van der Waals surface area (Å²) in [5.41, 5.74) is -0.608. The van der Waals surface area contributed by atoms with Gasteiger partial charge in [0.1, 0.15) is 11.6 Å². The Morgan fingerprint density at radius 1 is 1.14 bits per heavy atom. The van der Waals surface area contributed by atoms with Gasteiger partial charge in [0, 0.05) is 18.0 Å². The molecule has 0 radical (unpaired) electrons. The Balaban J connectivity index is 1.33. The Labute approximate surface area is 164 Å². The fraction of sp³-hybridized carbons (Fsp3) is 0.636. The van der Waals surface area contributed by atoms with Gasteiger partial charge in [-0.1, -0.05) is 18.9 Å². The van der Waals surface area contributed by atoms with Crippen LogP contribution in [0.2, 0.25) is 0 Å². The minimum absolute atomic E-state index is 0.104. The van der Waals surface area contributed by atoms with Crippen molar-refractivity contribution in [1.29, 1.82) is 0 Å². The van der Waals surface area contributed by atoms with Crippen LogP contribution in [0.4, 0.5) is 8.78 Å². The van der Waals surface area contributed by atoms with Crippen LogP contribution in [-0.2, 0) is 9.59 Å². The molecule has 152 valence electrons. The molecule has 2 bridgehead atoms. The van der Waals surface area contributed by atoms with Gasteiger partial charge in [-0.25, -0.2) is 8.78 Å². The van der Waals surface area contributed by atoms with Gasteiger partial charge in [0.15, 0.2) is 0 Å². The normalized spacial score (nSPS) is 28.5.